The van der Waals surface area contributed by atoms with Crippen molar-refractivity contribution < 1.29 is 22.7 Å². The summed E-state index contributed by atoms with van der Waals surface area (Å²) < 4.78 is 34.4. The fourth-order valence-corrected chi connectivity index (χ4v) is 5.43. The highest BCUT2D eigenvalue weighted by atomic mass is 32.2. The van der Waals surface area contributed by atoms with E-state index in [-0.39, 0.29) is 17.4 Å². The van der Waals surface area contributed by atoms with Crippen molar-refractivity contribution in [2.24, 2.45) is 5.92 Å². The van der Waals surface area contributed by atoms with E-state index in [1.165, 1.54) is 4.31 Å². The summed E-state index contributed by atoms with van der Waals surface area (Å²) in [7, 11) is -3.64. The standard InChI is InChI=1S/C23H24N2O5S/c1-2-30-23(27)22-15-18-5-3-4-6-21(18)25(22)19-7-9-20(10-8-19)31(28,29)24-13-11-17(16-26)12-14-24/h3-10,15-17H,2,11-14H2,1H3. The Bertz CT molecular complexity index is 1210. The molecular formula is C23H24N2O5S. The Balaban J connectivity index is 1.69. The molecule has 3 aromatic rings. The summed E-state index contributed by atoms with van der Waals surface area (Å²) in [6, 6.07) is 15.9. The largest absolute Gasteiger partial charge is 0.461 e. The average Bonchev–Trinajstić information content (AvgIpc) is 3.19. The summed E-state index contributed by atoms with van der Waals surface area (Å²) in [5.74, 6) is -0.509. The van der Waals surface area contributed by atoms with Gasteiger partial charge in [-0.3, -0.25) is 0 Å². The lowest BCUT2D eigenvalue weighted by Gasteiger charge is -2.28. The highest BCUT2D eigenvalue weighted by Gasteiger charge is 2.29. The third-order valence-electron chi connectivity index (χ3n) is 5.62. The highest BCUT2D eigenvalue weighted by Crippen LogP contribution is 2.27. The number of rotatable bonds is 6. The third kappa shape index (κ3) is 4.00. The van der Waals surface area contributed by atoms with E-state index in [9.17, 15) is 18.0 Å². The van der Waals surface area contributed by atoms with Gasteiger partial charge in [-0.15, -0.1) is 0 Å². The van der Waals surface area contributed by atoms with Crippen LogP contribution < -0.4 is 0 Å². The average molecular weight is 441 g/mol. The highest BCUT2D eigenvalue weighted by molar-refractivity contribution is 7.89. The summed E-state index contributed by atoms with van der Waals surface area (Å²) in [5.41, 5.74) is 1.88. The molecule has 1 aromatic heterocycles. The number of fused-ring (bicyclic) bond motifs is 1. The number of aldehydes is 1. The van der Waals surface area contributed by atoms with Crippen LogP contribution in [0.5, 0.6) is 0 Å². The van der Waals surface area contributed by atoms with Crippen LogP contribution >= 0.6 is 0 Å². The number of nitrogens with zero attached hydrogens (tertiary/aromatic N) is 2. The topological polar surface area (TPSA) is 85.7 Å². The molecule has 0 aliphatic carbocycles. The van der Waals surface area contributed by atoms with E-state index < -0.39 is 16.0 Å². The number of ether oxygens (including phenoxy) is 1. The van der Waals surface area contributed by atoms with Crippen LogP contribution in [0.4, 0.5) is 0 Å². The number of benzene rings is 2. The third-order valence-corrected chi connectivity index (χ3v) is 7.53. The second-order valence-corrected chi connectivity index (χ2v) is 9.45. The molecule has 8 heteroatoms. The summed E-state index contributed by atoms with van der Waals surface area (Å²) in [6.45, 7) is 2.69. The molecule has 1 saturated heterocycles. The van der Waals surface area contributed by atoms with Gasteiger partial charge in [0, 0.05) is 30.1 Å². The number of para-hydroxylation sites is 1. The molecule has 2 aromatic carbocycles. The monoisotopic (exact) mass is 440 g/mol. The molecule has 0 bridgehead atoms. The van der Waals surface area contributed by atoms with E-state index in [0.29, 0.717) is 37.3 Å². The quantitative estimate of drug-likeness (QED) is 0.433. The first-order valence-electron chi connectivity index (χ1n) is 10.3. The van der Waals surface area contributed by atoms with Gasteiger partial charge < -0.3 is 14.1 Å². The molecule has 0 amide bonds. The smallest absolute Gasteiger partial charge is 0.355 e. The molecule has 1 aliphatic rings. The molecule has 31 heavy (non-hydrogen) atoms. The van der Waals surface area contributed by atoms with Gasteiger partial charge in [0.2, 0.25) is 10.0 Å². The van der Waals surface area contributed by atoms with Crippen molar-refractivity contribution >= 4 is 33.2 Å². The fraction of sp³-hybridized carbons (Fsp3) is 0.304. The number of hydrogen-bond donors (Lipinski definition) is 0. The minimum absolute atomic E-state index is 0.0721. The van der Waals surface area contributed by atoms with Crippen molar-refractivity contribution in [2.75, 3.05) is 19.7 Å². The van der Waals surface area contributed by atoms with Gasteiger partial charge in [0.25, 0.3) is 0 Å². The van der Waals surface area contributed by atoms with Crippen LogP contribution in [0.15, 0.2) is 59.5 Å². The predicted molar refractivity (Wildman–Crippen MR) is 117 cm³/mol. The van der Waals surface area contributed by atoms with Crippen LogP contribution in [0.2, 0.25) is 0 Å². The summed E-state index contributed by atoms with van der Waals surface area (Å²) in [4.78, 5) is 23.7. The first kappa shape index (κ1) is 21.3. The van der Waals surface area contributed by atoms with E-state index in [4.69, 9.17) is 4.74 Å². The van der Waals surface area contributed by atoms with Crippen LogP contribution in [0, 0.1) is 5.92 Å². The van der Waals surface area contributed by atoms with E-state index >= 15 is 0 Å². The molecule has 0 atom stereocenters. The Morgan fingerprint density at radius 3 is 2.42 bits per heavy atom. The van der Waals surface area contributed by atoms with Crippen molar-refractivity contribution in [3.8, 4) is 5.69 Å². The van der Waals surface area contributed by atoms with E-state index in [2.05, 4.69) is 0 Å². The number of hydrogen-bond acceptors (Lipinski definition) is 5. The molecule has 7 nitrogen and oxygen atoms in total. The minimum atomic E-state index is -3.64. The van der Waals surface area contributed by atoms with Crippen molar-refractivity contribution in [1.29, 1.82) is 0 Å². The Morgan fingerprint density at radius 1 is 1.10 bits per heavy atom. The Morgan fingerprint density at radius 2 is 1.77 bits per heavy atom. The molecule has 162 valence electrons. The molecule has 1 fully saturated rings. The first-order chi connectivity index (χ1) is 15.0. The van der Waals surface area contributed by atoms with Gasteiger partial charge in [-0.25, -0.2) is 13.2 Å². The Kier molecular flexibility index (Phi) is 5.93. The summed E-state index contributed by atoms with van der Waals surface area (Å²) in [6.07, 6.45) is 1.99. The molecule has 2 heterocycles. The molecular weight excluding hydrogens is 416 g/mol. The lowest BCUT2D eigenvalue weighted by Crippen LogP contribution is -2.38. The first-order valence-corrected chi connectivity index (χ1v) is 11.7. The normalized spacial score (nSPS) is 15.8. The number of sulfonamides is 1. The van der Waals surface area contributed by atoms with Crippen molar-refractivity contribution in [3.63, 3.8) is 0 Å². The second kappa shape index (κ2) is 8.64. The van der Waals surface area contributed by atoms with Gasteiger partial charge in [-0.1, -0.05) is 18.2 Å². The second-order valence-electron chi connectivity index (χ2n) is 7.52. The van der Waals surface area contributed by atoms with Gasteiger partial charge >= 0.3 is 5.97 Å². The van der Waals surface area contributed by atoms with Crippen molar-refractivity contribution in [1.82, 2.24) is 8.87 Å². The molecule has 0 spiro atoms. The maximum absolute atomic E-state index is 13.0. The Hall–Kier alpha value is -2.97. The molecule has 0 unspecified atom stereocenters. The summed E-state index contributed by atoms with van der Waals surface area (Å²) in [5, 5.41) is 0.889. The Labute approximate surface area is 181 Å². The van der Waals surface area contributed by atoms with E-state index in [1.54, 1.807) is 41.8 Å². The van der Waals surface area contributed by atoms with Gasteiger partial charge in [0.15, 0.2) is 0 Å². The molecule has 4 rings (SSSR count). The molecule has 0 saturated carbocycles. The zero-order valence-corrected chi connectivity index (χ0v) is 18.0. The maximum atomic E-state index is 13.0. The van der Waals surface area contributed by atoms with Crippen LogP contribution in [-0.4, -0.2) is 49.2 Å². The number of aromatic nitrogens is 1. The SMILES string of the molecule is CCOC(=O)c1cc2ccccc2n1-c1ccc(S(=O)(=O)N2CCC(C=O)CC2)cc1. The molecule has 0 N–H and O–H groups in total. The zero-order chi connectivity index (χ0) is 22.0. The number of carbonyl (C=O) groups is 2. The van der Waals surface area contributed by atoms with E-state index in [1.807, 2.05) is 24.3 Å². The van der Waals surface area contributed by atoms with Gasteiger partial charge in [0.1, 0.15) is 12.0 Å². The summed E-state index contributed by atoms with van der Waals surface area (Å²) >= 11 is 0. The number of piperidine rings is 1. The maximum Gasteiger partial charge on any atom is 0.355 e. The minimum Gasteiger partial charge on any atom is -0.461 e. The van der Waals surface area contributed by atoms with Gasteiger partial charge in [-0.05, 0) is 56.2 Å². The molecule has 0 radical (unpaired) electrons. The van der Waals surface area contributed by atoms with Crippen molar-refractivity contribution in [3.05, 3.63) is 60.3 Å². The van der Waals surface area contributed by atoms with Crippen molar-refractivity contribution in [2.45, 2.75) is 24.7 Å². The lowest BCUT2D eigenvalue weighted by atomic mass is 10.0. The van der Waals surface area contributed by atoms with Gasteiger partial charge in [-0.2, -0.15) is 4.31 Å². The fourth-order valence-electron chi connectivity index (χ4n) is 3.96. The van der Waals surface area contributed by atoms with Crippen LogP contribution in [0.3, 0.4) is 0 Å². The zero-order valence-electron chi connectivity index (χ0n) is 17.2. The molecule has 1 aliphatic heterocycles. The van der Waals surface area contributed by atoms with Crippen LogP contribution in [0.1, 0.15) is 30.3 Å². The van der Waals surface area contributed by atoms with Gasteiger partial charge in [0.05, 0.1) is 17.0 Å². The van der Waals surface area contributed by atoms with Crippen LogP contribution in [0.25, 0.3) is 16.6 Å². The number of esters is 1. The predicted octanol–water partition coefficient (Wildman–Crippen LogP) is 3.41. The van der Waals surface area contributed by atoms with E-state index in [0.717, 1.165) is 17.2 Å². The number of carbonyl (C=O) groups excluding carboxylic acids is 2. The lowest BCUT2D eigenvalue weighted by molar-refractivity contribution is -0.112. The van der Waals surface area contributed by atoms with Crippen LogP contribution in [-0.2, 0) is 19.6 Å².